The summed E-state index contributed by atoms with van der Waals surface area (Å²) in [5, 5.41) is 3.13. The van der Waals surface area contributed by atoms with Gasteiger partial charge >= 0.3 is 0 Å². The van der Waals surface area contributed by atoms with Gasteiger partial charge in [0.1, 0.15) is 5.78 Å². The molecule has 0 aromatic heterocycles. The highest BCUT2D eigenvalue weighted by molar-refractivity contribution is 5.81. The highest BCUT2D eigenvalue weighted by Gasteiger charge is 2.12. The van der Waals surface area contributed by atoms with Gasteiger partial charge in [-0.15, -0.1) is 0 Å². The van der Waals surface area contributed by atoms with Gasteiger partial charge in [0.05, 0.1) is 6.04 Å². The van der Waals surface area contributed by atoms with E-state index in [9.17, 15) is 4.79 Å². The fraction of sp³-hybridized carbons (Fsp3) is 0.500. The molecular formula is C14H27NO. The number of hydrogen-bond acceptors (Lipinski definition) is 2. The molecule has 0 unspecified atom stereocenters. The topological polar surface area (TPSA) is 29.1 Å². The van der Waals surface area contributed by atoms with E-state index in [0.717, 1.165) is 12.1 Å². The molecule has 0 heterocycles. The maximum absolute atomic E-state index is 11.2. The van der Waals surface area contributed by atoms with Gasteiger partial charge in [-0.3, -0.25) is 4.79 Å². The third kappa shape index (κ3) is 8.18. The molecule has 0 radical (unpaired) electrons. The molecule has 0 aliphatic carbocycles. The van der Waals surface area contributed by atoms with Crippen LogP contribution in [0.1, 0.15) is 35.5 Å². The largest absolute Gasteiger partial charge is 0.307 e. The predicted molar refractivity (Wildman–Crippen MR) is 74.7 cm³/mol. The first kappa shape index (κ1) is 17.3. The molecule has 0 aromatic rings. The Morgan fingerprint density at radius 1 is 1.44 bits per heavy atom. The number of allylic oxidation sites excluding steroid dienone is 3. The number of carbonyl (C=O) groups is 1. The summed E-state index contributed by atoms with van der Waals surface area (Å²) in [5.74, 6) is 0.156. The molecule has 1 atom stereocenters. The molecule has 0 aliphatic rings. The van der Waals surface area contributed by atoms with E-state index in [1.54, 1.807) is 19.1 Å². The Balaban J connectivity index is -0.000000616. The molecule has 0 aromatic carbocycles. The summed E-state index contributed by atoms with van der Waals surface area (Å²) in [6, 6.07) is -0.107. The van der Waals surface area contributed by atoms with Gasteiger partial charge in [0.15, 0.2) is 0 Å². The van der Waals surface area contributed by atoms with Crippen molar-refractivity contribution in [2.75, 3.05) is 6.54 Å². The lowest BCUT2D eigenvalue weighted by Crippen LogP contribution is -2.35. The molecule has 1 N–H and O–H groups in total. The molecule has 16 heavy (non-hydrogen) atoms. The second-order valence-corrected chi connectivity index (χ2v) is 3.11. The zero-order valence-electron chi connectivity index (χ0n) is 11.0. The maximum atomic E-state index is 11.2. The number of rotatable bonds is 7. The lowest BCUT2D eigenvalue weighted by molar-refractivity contribution is -0.118. The van der Waals surface area contributed by atoms with Crippen LogP contribution in [0.4, 0.5) is 0 Å². The number of ketones is 1. The number of nitrogens with one attached hydrogen (secondary N) is 1. The minimum absolute atomic E-state index is 0. The van der Waals surface area contributed by atoms with Gasteiger partial charge in [0, 0.05) is 1.43 Å². The Hall–Kier alpha value is -1.15. The first-order valence-electron chi connectivity index (χ1n) is 5.83. The molecular weight excluding hydrogens is 198 g/mol. The summed E-state index contributed by atoms with van der Waals surface area (Å²) in [4.78, 5) is 11.2. The Morgan fingerprint density at radius 2 is 2.00 bits per heavy atom. The summed E-state index contributed by atoms with van der Waals surface area (Å²) >= 11 is 0. The Labute approximate surface area is 102 Å². The van der Waals surface area contributed by atoms with Crippen LogP contribution in [-0.2, 0) is 4.79 Å². The average Bonchev–Trinajstić information content (AvgIpc) is 2.30. The Bertz CT molecular complexity index is 247. The molecule has 0 bridgehead atoms. The van der Waals surface area contributed by atoms with Crippen molar-refractivity contribution in [2.45, 2.75) is 40.2 Å². The highest BCUT2D eigenvalue weighted by atomic mass is 16.1. The fourth-order valence-corrected chi connectivity index (χ4v) is 1.21. The van der Waals surface area contributed by atoms with Crippen molar-refractivity contribution in [2.24, 2.45) is 0 Å². The van der Waals surface area contributed by atoms with Crippen LogP contribution >= 0.6 is 0 Å². The van der Waals surface area contributed by atoms with E-state index in [0.29, 0.717) is 6.42 Å². The van der Waals surface area contributed by atoms with E-state index in [-0.39, 0.29) is 13.3 Å². The quantitative estimate of drug-likeness (QED) is 0.672. The van der Waals surface area contributed by atoms with Crippen molar-refractivity contribution < 1.29 is 6.22 Å². The summed E-state index contributed by atoms with van der Waals surface area (Å²) < 4.78 is 0. The van der Waals surface area contributed by atoms with E-state index in [4.69, 9.17) is 0 Å². The molecule has 2 nitrogen and oxygen atoms in total. The van der Waals surface area contributed by atoms with Gasteiger partial charge in [-0.1, -0.05) is 52.2 Å². The maximum Gasteiger partial charge on any atom is 0.147 e. The van der Waals surface area contributed by atoms with Crippen molar-refractivity contribution in [3.8, 4) is 0 Å². The van der Waals surface area contributed by atoms with E-state index >= 15 is 0 Å². The predicted octanol–water partition coefficient (Wildman–Crippen LogP) is 3.51. The van der Waals surface area contributed by atoms with Gasteiger partial charge in [0.2, 0.25) is 0 Å². The Kier molecular flexibility index (Phi) is 12.9. The van der Waals surface area contributed by atoms with Crippen LogP contribution in [0.5, 0.6) is 0 Å². The first-order chi connectivity index (χ1) is 7.65. The van der Waals surface area contributed by atoms with Gasteiger partial charge in [0.25, 0.3) is 0 Å². The smallest absolute Gasteiger partial charge is 0.147 e. The summed E-state index contributed by atoms with van der Waals surface area (Å²) in [6.07, 6.45) is 6.02. The number of likely N-dealkylation sites (N-methyl/N-ethyl adjacent to an activating group) is 1. The Morgan fingerprint density at radius 3 is 2.31 bits per heavy atom. The van der Waals surface area contributed by atoms with Crippen LogP contribution < -0.4 is 5.32 Å². The monoisotopic (exact) mass is 225 g/mol. The van der Waals surface area contributed by atoms with Crippen molar-refractivity contribution in [1.82, 2.24) is 5.32 Å². The van der Waals surface area contributed by atoms with Crippen molar-refractivity contribution in [1.29, 1.82) is 0 Å². The second kappa shape index (κ2) is 11.9. The second-order valence-electron chi connectivity index (χ2n) is 3.11. The summed E-state index contributed by atoms with van der Waals surface area (Å²) in [5.41, 5.74) is 1.03. The van der Waals surface area contributed by atoms with Crippen molar-refractivity contribution >= 4 is 5.78 Å². The molecule has 2 heteroatoms. The molecule has 0 saturated heterocycles. The van der Waals surface area contributed by atoms with Gasteiger partial charge in [-0.05, 0) is 25.5 Å². The highest BCUT2D eigenvalue weighted by Crippen LogP contribution is 2.07. The van der Waals surface area contributed by atoms with Gasteiger partial charge < -0.3 is 5.32 Å². The number of hydrogen-bond donors (Lipinski definition) is 1. The minimum atomic E-state index is -0.107. The van der Waals surface area contributed by atoms with E-state index in [2.05, 4.69) is 18.5 Å². The van der Waals surface area contributed by atoms with E-state index in [1.807, 2.05) is 26.8 Å². The lowest BCUT2D eigenvalue weighted by Gasteiger charge is -2.14. The lowest BCUT2D eigenvalue weighted by atomic mass is 10.0. The van der Waals surface area contributed by atoms with Crippen LogP contribution in [0.25, 0.3) is 0 Å². The van der Waals surface area contributed by atoms with Crippen LogP contribution in [0, 0.1) is 0 Å². The van der Waals surface area contributed by atoms with Gasteiger partial charge in [-0.2, -0.15) is 0 Å². The molecule has 0 aliphatic heterocycles. The normalized spacial score (nSPS) is 12.1. The van der Waals surface area contributed by atoms with Crippen LogP contribution in [0.3, 0.4) is 0 Å². The van der Waals surface area contributed by atoms with Crippen molar-refractivity contribution in [3.05, 3.63) is 37.0 Å². The number of Topliss-reactive ketones (excluding diaryl/α,β-unsaturated/α-hetero) is 1. The SMILES string of the molecule is C=C/C=C(\C=C)C[C@H](NCC)C(C)=O.CC.[HH]. The summed E-state index contributed by atoms with van der Waals surface area (Å²) in [7, 11) is 0. The molecule has 0 amide bonds. The molecule has 0 fully saturated rings. The molecule has 0 saturated carbocycles. The van der Waals surface area contributed by atoms with Crippen LogP contribution in [0.2, 0.25) is 0 Å². The van der Waals surface area contributed by atoms with Crippen molar-refractivity contribution in [3.63, 3.8) is 0 Å². The average molecular weight is 225 g/mol. The first-order valence-corrected chi connectivity index (χ1v) is 5.83. The van der Waals surface area contributed by atoms with Crippen LogP contribution in [-0.4, -0.2) is 18.4 Å². The summed E-state index contributed by atoms with van der Waals surface area (Å²) in [6.45, 7) is 15.7. The fourth-order valence-electron chi connectivity index (χ4n) is 1.21. The minimum Gasteiger partial charge on any atom is -0.307 e. The zero-order chi connectivity index (χ0) is 13.0. The molecule has 0 spiro atoms. The van der Waals surface area contributed by atoms with Crippen LogP contribution in [0.15, 0.2) is 37.0 Å². The molecule has 94 valence electrons. The number of carbonyl (C=O) groups excluding carboxylic acids is 1. The zero-order valence-corrected chi connectivity index (χ0v) is 11.0. The third-order valence-corrected chi connectivity index (χ3v) is 1.98. The molecule has 0 rings (SSSR count). The van der Waals surface area contributed by atoms with Gasteiger partial charge in [-0.25, -0.2) is 0 Å². The standard InChI is InChI=1S/C12H19NO.C2H6.H2/c1-5-8-11(6-2)9-12(10(4)14)13-7-3;1-2;/h5-6,8,12-13H,1-2,7,9H2,3-4H3;1-2H3;1H/b11-8+;;/t12-;;/m0../s1. The van der Waals surface area contributed by atoms with E-state index in [1.165, 1.54) is 0 Å². The van der Waals surface area contributed by atoms with E-state index < -0.39 is 0 Å². The third-order valence-electron chi connectivity index (χ3n) is 1.98.